The molecule has 0 aliphatic rings. The molecule has 0 bridgehead atoms. The summed E-state index contributed by atoms with van der Waals surface area (Å²) >= 11 is 0. The summed E-state index contributed by atoms with van der Waals surface area (Å²) in [6, 6.07) is 25.1. The van der Waals surface area contributed by atoms with Gasteiger partial charge >= 0.3 is 5.97 Å². The molecule has 0 amide bonds. The third-order valence-electron chi connectivity index (χ3n) is 5.60. The highest BCUT2D eigenvalue weighted by Crippen LogP contribution is 2.30. The molecule has 0 saturated heterocycles. The largest absolute Gasteiger partial charge is 0.478 e. The number of carbonyl (C=O) groups is 1. The first kappa shape index (κ1) is 21.9. The van der Waals surface area contributed by atoms with Gasteiger partial charge in [0.25, 0.3) is 0 Å². The van der Waals surface area contributed by atoms with Crippen LogP contribution in [0.3, 0.4) is 0 Å². The monoisotopic (exact) mass is 410 g/mol. The molecule has 1 unspecified atom stereocenters. The molecule has 31 heavy (non-hydrogen) atoms. The van der Waals surface area contributed by atoms with E-state index in [1.807, 2.05) is 18.2 Å². The Morgan fingerprint density at radius 1 is 1.00 bits per heavy atom. The number of anilines is 1. The number of carboxylic acid groups (broad SMARTS) is 1. The third-order valence-corrected chi connectivity index (χ3v) is 5.60. The number of hydrogen-bond acceptors (Lipinski definition) is 3. The Balaban J connectivity index is 1.83. The van der Waals surface area contributed by atoms with Crippen LogP contribution in [0.1, 0.15) is 52.9 Å². The van der Waals surface area contributed by atoms with E-state index >= 15 is 0 Å². The molecule has 0 heterocycles. The molecule has 0 radical (unpaired) electrons. The average molecular weight is 411 g/mol. The second kappa shape index (κ2) is 9.32. The lowest BCUT2D eigenvalue weighted by atomic mass is 9.88. The first-order chi connectivity index (χ1) is 14.8. The second-order valence-electron chi connectivity index (χ2n) is 7.85. The fourth-order valence-electron chi connectivity index (χ4n) is 3.41. The van der Waals surface area contributed by atoms with Crippen molar-refractivity contribution >= 4 is 23.3 Å². The van der Waals surface area contributed by atoms with Crippen molar-refractivity contribution in [1.82, 2.24) is 0 Å². The van der Waals surface area contributed by atoms with Gasteiger partial charge in [-0.3, -0.25) is 0 Å². The van der Waals surface area contributed by atoms with Crippen molar-refractivity contribution in [2.24, 2.45) is 0 Å². The molecule has 4 heteroatoms. The number of carboxylic acids is 1. The van der Waals surface area contributed by atoms with E-state index in [1.54, 1.807) is 12.1 Å². The zero-order valence-corrected chi connectivity index (χ0v) is 18.0. The van der Waals surface area contributed by atoms with E-state index < -0.39 is 5.97 Å². The molecule has 0 aromatic heterocycles. The van der Waals surface area contributed by atoms with Gasteiger partial charge in [0, 0.05) is 5.69 Å². The number of allylic oxidation sites excluding steroid dienone is 1. The summed E-state index contributed by atoms with van der Waals surface area (Å²) in [5.74, 6) is -0.983. The predicted molar refractivity (Wildman–Crippen MR) is 126 cm³/mol. The number of benzene rings is 3. The Hall–Kier alpha value is -3.84. The molecule has 4 nitrogen and oxygen atoms in total. The minimum atomic E-state index is -0.983. The number of nitrogens with one attached hydrogen (secondary N) is 1. The molecular formula is C27H26N2O2. The van der Waals surface area contributed by atoms with Gasteiger partial charge < -0.3 is 10.4 Å². The van der Waals surface area contributed by atoms with Crippen LogP contribution in [-0.2, 0) is 5.54 Å². The van der Waals surface area contributed by atoms with E-state index in [0.717, 1.165) is 23.2 Å². The quantitative estimate of drug-likeness (QED) is 0.345. The molecule has 0 aliphatic carbocycles. The lowest BCUT2D eigenvalue weighted by molar-refractivity contribution is 0.0697. The highest BCUT2D eigenvalue weighted by molar-refractivity contribution is 5.92. The SMILES string of the molecule is CCC(C)(Nc1ccc(C)cc1)c1ccc(/C=C(\C#N)c2ccc(C(=O)O)cc2)cc1. The molecular weight excluding hydrogens is 384 g/mol. The van der Waals surface area contributed by atoms with E-state index in [1.165, 1.54) is 17.7 Å². The van der Waals surface area contributed by atoms with Crippen LogP contribution >= 0.6 is 0 Å². The van der Waals surface area contributed by atoms with Crippen molar-refractivity contribution in [2.75, 3.05) is 5.32 Å². The van der Waals surface area contributed by atoms with Gasteiger partial charge in [-0.1, -0.05) is 61.0 Å². The summed E-state index contributed by atoms with van der Waals surface area (Å²) in [5.41, 5.74) is 5.54. The summed E-state index contributed by atoms with van der Waals surface area (Å²) in [5, 5.41) is 22.3. The first-order valence-electron chi connectivity index (χ1n) is 10.3. The topological polar surface area (TPSA) is 73.1 Å². The maximum Gasteiger partial charge on any atom is 0.335 e. The first-order valence-corrected chi connectivity index (χ1v) is 10.3. The van der Waals surface area contributed by atoms with Crippen molar-refractivity contribution in [3.05, 3.63) is 101 Å². The molecule has 3 rings (SSSR count). The van der Waals surface area contributed by atoms with Gasteiger partial charge in [0.2, 0.25) is 0 Å². The Morgan fingerprint density at radius 3 is 2.10 bits per heavy atom. The Bertz CT molecular complexity index is 1120. The van der Waals surface area contributed by atoms with Gasteiger partial charge in [-0.2, -0.15) is 5.26 Å². The number of hydrogen-bond donors (Lipinski definition) is 2. The van der Waals surface area contributed by atoms with Gasteiger partial charge in [0.05, 0.1) is 22.7 Å². The zero-order chi connectivity index (χ0) is 22.4. The minimum absolute atomic E-state index is 0.199. The zero-order valence-electron chi connectivity index (χ0n) is 18.0. The van der Waals surface area contributed by atoms with Gasteiger partial charge in [0.1, 0.15) is 0 Å². The van der Waals surface area contributed by atoms with E-state index in [9.17, 15) is 10.1 Å². The van der Waals surface area contributed by atoms with Crippen LogP contribution in [0.25, 0.3) is 11.6 Å². The van der Waals surface area contributed by atoms with Crippen LogP contribution in [0, 0.1) is 18.3 Å². The Labute approximate surface area is 183 Å². The number of aromatic carboxylic acids is 1. The summed E-state index contributed by atoms with van der Waals surface area (Å²) in [7, 11) is 0. The lowest BCUT2D eigenvalue weighted by Gasteiger charge is -2.32. The van der Waals surface area contributed by atoms with Gasteiger partial charge in [-0.05, 0) is 67.3 Å². The molecule has 156 valence electrons. The number of nitriles is 1. The lowest BCUT2D eigenvalue weighted by Crippen LogP contribution is -2.31. The fraction of sp³-hybridized carbons (Fsp3) is 0.185. The summed E-state index contributed by atoms with van der Waals surface area (Å²) in [4.78, 5) is 11.0. The summed E-state index contributed by atoms with van der Waals surface area (Å²) in [6.45, 7) is 6.41. The van der Waals surface area contributed by atoms with Crippen LogP contribution in [-0.4, -0.2) is 11.1 Å². The Morgan fingerprint density at radius 2 is 1.58 bits per heavy atom. The molecule has 0 aliphatic heterocycles. The number of rotatable bonds is 7. The van der Waals surface area contributed by atoms with Crippen LogP contribution < -0.4 is 5.32 Å². The van der Waals surface area contributed by atoms with E-state index in [-0.39, 0.29) is 11.1 Å². The predicted octanol–water partition coefficient (Wildman–Crippen LogP) is 6.49. The van der Waals surface area contributed by atoms with Crippen LogP contribution in [0.15, 0.2) is 72.8 Å². The van der Waals surface area contributed by atoms with Crippen LogP contribution in [0.2, 0.25) is 0 Å². The van der Waals surface area contributed by atoms with E-state index in [4.69, 9.17) is 5.11 Å². The highest BCUT2D eigenvalue weighted by Gasteiger charge is 2.24. The number of nitrogens with zero attached hydrogens (tertiary/aromatic N) is 1. The van der Waals surface area contributed by atoms with Gasteiger partial charge in [-0.25, -0.2) is 4.79 Å². The second-order valence-corrected chi connectivity index (χ2v) is 7.85. The normalized spacial score (nSPS) is 13.2. The maximum absolute atomic E-state index is 11.0. The molecule has 0 saturated carbocycles. The van der Waals surface area contributed by atoms with Crippen LogP contribution in [0.5, 0.6) is 0 Å². The maximum atomic E-state index is 11.0. The molecule has 3 aromatic rings. The molecule has 3 aromatic carbocycles. The minimum Gasteiger partial charge on any atom is -0.478 e. The molecule has 0 spiro atoms. The van der Waals surface area contributed by atoms with Gasteiger partial charge in [-0.15, -0.1) is 0 Å². The third kappa shape index (κ3) is 5.21. The number of aryl methyl sites for hydroxylation is 1. The van der Waals surface area contributed by atoms with Gasteiger partial charge in [0.15, 0.2) is 0 Å². The van der Waals surface area contributed by atoms with Crippen molar-refractivity contribution in [3.63, 3.8) is 0 Å². The standard InChI is InChI=1S/C27H26N2O2/c1-4-27(3,29-25-15-5-19(2)6-16-25)24-13-7-20(8-14-24)17-23(18-28)21-9-11-22(12-10-21)26(30)31/h5-17,29H,4H2,1-3H3,(H,30,31)/b23-17+. The van der Waals surface area contributed by atoms with Crippen molar-refractivity contribution in [3.8, 4) is 6.07 Å². The fourth-order valence-corrected chi connectivity index (χ4v) is 3.41. The molecule has 0 fully saturated rings. The smallest absolute Gasteiger partial charge is 0.335 e. The van der Waals surface area contributed by atoms with Crippen molar-refractivity contribution in [2.45, 2.75) is 32.7 Å². The summed E-state index contributed by atoms with van der Waals surface area (Å²) in [6.07, 6.45) is 2.73. The van der Waals surface area contributed by atoms with Crippen molar-refractivity contribution in [1.29, 1.82) is 5.26 Å². The average Bonchev–Trinajstić information content (AvgIpc) is 2.79. The molecule has 1 atom stereocenters. The summed E-state index contributed by atoms with van der Waals surface area (Å²) < 4.78 is 0. The van der Waals surface area contributed by atoms with Crippen LogP contribution in [0.4, 0.5) is 5.69 Å². The molecule has 2 N–H and O–H groups in total. The Kier molecular flexibility index (Phi) is 6.57. The van der Waals surface area contributed by atoms with E-state index in [0.29, 0.717) is 11.1 Å². The van der Waals surface area contributed by atoms with E-state index in [2.05, 4.69) is 68.6 Å². The van der Waals surface area contributed by atoms with Crippen molar-refractivity contribution < 1.29 is 9.90 Å². The highest BCUT2D eigenvalue weighted by atomic mass is 16.4.